The Morgan fingerprint density at radius 3 is 2.62 bits per heavy atom. The molecule has 3 aromatic rings. The molecule has 0 bridgehead atoms. The molecule has 1 N–H and O–H groups in total. The summed E-state index contributed by atoms with van der Waals surface area (Å²) in [6, 6.07) is 7.12. The number of amides is 1. The van der Waals surface area contributed by atoms with Crippen LogP contribution in [0.4, 0.5) is 5.82 Å². The SMILES string of the molecule is CN(C)CC(=O)Nc1nccc2nc(-c3c(Cl)cccc3Cl)sc12. The van der Waals surface area contributed by atoms with Crippen LogP contribution in [0.5, 0.6) is 0 Å². The van der Waals surface area contributed by atoms with Crippen LogP contribution >= 0.6 is 34.5 Å². The zero-order valence-corrected chi connectivity index (χ0v) is 15.3. The Morgan fingerprint density at radius 1 is 1.25 bits per heavy atom. The van der Waals surface area contributed by atoms with E-state index in [1.54, 1.807) is 35.4 Å². The summed E-state index contributed by atoms with van der Waals surface area (Å²) in [7, 11) is 3.66. The molecular formula is C16H14Cl2N4OS. The molecule has 1 amide bonds. The maximum atomic E-state index is 12.0. The van der Waals surface area contributed by atoms with Crippen LogP contribution in [0.3, 0.4) is 0 Å². The number of carbonyl (C=O) groups is 1. The quantitative estimate of drug-likeness (QED) is 0.737. The minimum absolute atomic E-state index is 0.134. The number of rotatable bonds is 4. The van der Waals surface area contributed by atoms with E-state index in [2.05, 4.69) is 15.3 Å². The zero-order valence-electron chi connectivity index (χ0n) is 13.0. The molecule has 0 aliphatic carbocycles. The Bertz CT molecular complexity index is 890. The predicted octanol–water partition coefficient (Wildman–Crippen LogP) is 4.17. The van der Waals surface area contributed by atoms with Gasteiger partial charge in [0.05, 0.1) is 26.8 Å². The van der Waals surface area contributed by atoms with E-state index in [9.17, 15) is 4.79 Å². The van der Waals surface area contributed by atoms with Gasteiger partial charge >= 0.3 is 0 Å². The van der Waals surface area contributed by atoms with Gasteiger partial charge in [0, 0.05) is 11.8 Å². The zero-order chi connectivity index (χ0) is 17.3. The number of pyridine rings is 1. The van der Waals surface area contributed by atoms with Gasteiger partial charge in [-0.05, 0) is 32.3 Å². The molecule has 0 radical (unpaired) electrons. The van der Waals surface area contributed by atoms with E-state index in [1.807, 2.05) is 14.1 Å². The van der Waals surface area contributed by atoms with Gasteiger partial charge < -0.3 is 10.2 Å². The van der Waals surface area contributed by atoms with E-state index in [4.69, 9.17) is 23.2 Å². The first-order valence-corrected chi connectivity index (χ1v) is 8.67. The molecule has 124 valence electrons. The van der Waals surface area contributed by atoms with E-state index >= 15 is 0 Å². The lowest BCUT2D eigenvalue weighted by molar-refractivity contribution is -0.116. The van der Waals surface area contributed by atoms with Gasteiger partial charge in [-0.15, -0.1) is 11.3 Å². The van der Waals surface area contributed by atoms with Crippen molar-refractivity contribution in [1.82, 2.24) is 14.9 Å². The molecule has 0 unspecified atom stereocenters. The van der Waals surface area contributed by atoms with Crippen molar-refractivity contribution in [3.05, 3.63) is 40.5 Å². The van der Waals surface area contributed by atoms with E-state index in [-0.39, 0.29) is 12.5 Å². The fourth-order valence-corrected chi connectivity index (χ4v) is 3.98. The number of nitrogens with one attached hydrogen (secondary N) is 1. The summed E-state index contributed by atoms with van der Waals surface area (Å²) in [6.07, 6.45) is 1.62. The molecule has 2 heterocycles. The molecule has 0 spiro atoms. The molecule has 0 atom stereocenters. The summed E-state index contributed by atoms with van der Waals surface area (Å²) in [5.74, 6) is 0.358. The number of benzene rings is 1. The first-order valence-electron chi connectivity index (χ1n) is 7.10. The summed E-state index contributed by atoms with van der Waals surface area (Å²) >= 11 is 13.9. The molecule has 0 aliphatic rings. The molecule has 0 saturated carbocycles. The standard InChI is InChI=1S/C16H14Cl2N4OS/c1-22(2)8-12(23)21-15-14-11(6-7-19-15)20-16(24-14)13-9(17)4-3-5-10(13)18/h3-7H,8H2,1-2H3,(H,19,21,23). The summed E-state index contributed by atoms with van der Waals surface area (Å²) in [5, 5.41) is 4.58. The smallest absolute Gasteiger partial charge is 0.239 e. The van der Waals surface area contributed by atoms with Crippen LogP contribution in [0, 0.1) is 0 Å². The average molecular weight is 381 g/mol. The molecule has 3 rings (SSSR count). The van der Waals surface area contributed by atoms with Crippen LogP contribution in [0.25, 0.3) is 20.8 Å². The summed E-state index contributed by atoms with van der Waals surface area (Å²) in [4.78, 5) is 22.6. The maximum Gasteiger partial charge on any atom is 0.239 e. The van der Waals surface area contributed by atoms with Crippen molar-refractivity contribution in [1.29, 1.82) is 0 Å². The Morgan fingerprint density at radius 2 is 1.96 bits per heavy atom. The largest absolute Gasteiger partial charge is 0.308 e. The first kappa shape index (κ1) is 17.1. The lowest BCUT2D eigenvalue weighted by Gasteiger charge is -2.09. The minimum atomic E-state index is -0.134. The molecule has 8 heteroatoms. The molecular weight excluding hydrogens is 367 g/mol. The van der Waals surface area contributed by atoms with Gasteiger partial charge in [-0.25, -0.2) is 9.97 Å². The van der Waals surface area contributed by atoms with Crippen molar-refractivity contribution in [2.75, 3.05) is 26.0 Å². The number of nitrogens with zero attached hydrogens (tertiary/aromatic N) is 3. The van der Waals surface area contributed by atoms with Crippen LogP contribution in [0.1, 0.15) is 0 Å². The second kappa shape index (κ2) is 7.03. The van der Waals surface area contributed by atoms with E-state index in [0.29, 0.717) is 26.4 Å². The third-order valence-electron chi connectivity index (χ3n) is 3.20. The van der Waals surface area contributed by atoms with Crippen molar-refractivity contribution in [2.24, 2.45) is 0 Å². The monoisotopic (exact) mass is 380 g/mol. The number of likely N-dealkylation sites (N-methyl/N-ethyl adjacent to an activating group) is 1. The normalized spacial score (nSPS) is 11.2. The van der Waals surface area contributed by atoms with Crippen molar-refractivity contribution < 1.29 is 4.79 Å². The summed E-state index contributed by atoms with van der Waals surface area (Å²) in [5.41, 5.74) is 1.42. The van der Waals surface area contributed by atoms with Crippen LogP contribution in [0.15, 0.2) is 30.5 Å². The minimum Gasteiger partial charge on any atom is -0.308 e. The third kappa shape index (κ3) is 3.52. The van der Waals surface area contributed by atoms with Crippen LogP contribution in [0.2, 0.25) is 10.0 Å². The Kier molecular flexibility index (Phi) is 5.01. The number of hydrogen-bond donors (Lipinski definition) is 1. The van der Waals surface area contributed by atoms with Gasteiger partial charge in [0.25, 0.3) is 0 Å². The fraction of sp³-hybridized carbons (Fsp3) is 0.188. The van der Waals surface area contributed by atoms with Gasteiger partial charge in [0.1, 0.15) is 5.01 Å². The highest BCUT2D eigenvalue weighted by Gasteiger charge is 2.16. The Hall–Kier alpha value is -1.73. The molecule has 2 aromatic heterocycles. The van der Waals surface area contributed by atoms with Gasteiger partial charge in [-0.1, -0.05) is 29.3 Å². The molecule has 0 saturated heterocycles. The second-order valence-electron chi connectivity index (χ2n) is 5.41. The molecule has 1 aromatic carbocycles. The van der Waals surface area contributed by atoms with E-state index < -0.39 is 0 Å². The lowest BCUT2D eigenvalue weighted by atomic mass is 10.2. The number of carbonyl (C=O) groups excluding carboxylic acids is 1. The van der Waals surface area contributed by atoms with Gasteiger partial charge in [0.15, 0.2) is 5.82 Å². The number of anilines is 1. The predicted molar refractivity (Wildman–Crippen MR) is 100 cm³/mol. The van der Waals surface area contributed by atoms with E-state index in [0.717, 1.165) is 10.2 Å². The second-order valence-corrected chi connectivity index (χ2v) is 7.22. The lowest BCUT2D eigenvalue weighted by Crippen LogP contribution is -2.27. The first-order chi connectivity index (χ1) is 11.5. The van der Waals surface area contributed by atoms with Gasteiger partial charge in [-0.3, -0.25) is 4.79 Å². The highest BCUT2D eigenvalue weighted by Crippen LogP contribution is 2.40. The van der Waals surface area contributed by atoms with Crippen LogP contribution in [-0.2, 0) is 4.79 Å². The summed E-state index contributed by atoms with van der Waals surface area (Å²) < 4.78 is 0.788. The van der Waals surface area contributed by atoms with Crippen LogP contribution in [-0.4, -0.2) is 41.4 Å². The van der Waals surface area contributed by atoms with Crippen LogP contribution < -0.4 is 5.32 Å². The molecule has 24 heavy (non-hydrogen) atoms. The number of aromatic nitrogens is 2. The highest BCUT2D eigenvalue weighted by molar-refractivity contribution is 7.22. The number of thiazole rings is 1. The summed E-state index contributed by atoms with van der Waals surface area (Å²) in [6.45, 7) is 0.278. The van der Waals surface area contributed by atoms with Gasteiger partial charge in [0.2, 0.25) is 5.91 Å². The Balaban J connectivity index is 2.03. The maximum absolute atomic E-state index is 12.0. The van der Waals surface area contributed by atoms with Crippen molar-refractivity contribution in [3.8, 4) is 10.6 Å². The molecule has 0 aliphatic heterocycles. The highest BCUT2D eigenvalue weighted by atomic mass is 35.5. The van der Waals surface area contributed by atoms with Crippen molar-refractivity contribution >= 4 is 56.5 Å². The third-order valence-corrected chi connectivity index (χ3v) is 4.92. The van der Waals surface area contributed by atoms with Gasteiger partial charge in [-0.2, -0.15) is 0 Å². The fourth-order valence-electron chi connectivity index (χ4n) is 2.21. The molecule has 5 nitrogen and oxygen atoms in total. The van der Waals surface area contributed by atoms with E-state index in [1.165, 1.54) is 11.3 Å². The van der Waals surface area contributed by atoms with Crippen molar-refractivity contribution in [3.63, 3.8) is 0 Å². The topological polar surface area (TPSA) is 58.1 Å². The molecule has 0 fully saturated rings. The number of fused-ring (bicyclic) bond motifs is 1. The van der Waals surface area contributed by atoms with Crippen molar-refractivity contribution in [2.45, 2.75) is 0 Å². The number of halogens is 2. The number of hydrogen-bond acceptors (Lipinski definition) is 5. The Labute approximate surface area is 153 Å². The average Bonchev–Trinajstić information content (AvgIpc) is 2.90.